The number of alkyl halides is 3. The molecule has 42 heavy (non-hydrogen) atoms. The number of benzene rings is 2. The lowest BCUT2D eigenvalue weighted by Gasteiger charge is -2.14. The summed E-state index contributed by atoms with van der Waals surface area (Å²) in [6.45, 7) is 2.23. The second-order valence-electron chi connectivity index (χ2n) is 9.60. The monoisotopic (exact) mass is 600 g/mol. The van der Waals surface area contributed by atoms with E-state index in [1.165, 1.54) is 11.1 Å². The number of aryl methyl sites for hydroxylation is 2. The first-order valence-electron chi connectivity index (χ1n) is 13.2. The van der Waals surface area contributed by atoms with Gasteiger partial charge in [-0.1, -0.05) is 48.0 Å². The maximum atomic E-state index is 12.0. The Bertz CT molecular complexity index is 1540. The average molecular weight is 601 g/mol. The molecule has 2 aromatic heterocycles. The van der Waals surface area contributed by atoms with Crippen LogP contribution in [0.1, 0.15) is 33.6 Å². The van der Waals surface area contributed by atoms with Crippen molar-refractivity contribution in [3.63, 3.8) is 0 Å². The summed E-state index contributed by atoms with van der Waals surface area (Å²) in [5, 5.41) is 25.9. The number of pyridine rings is 1. The van der Waals surface area contributed by atoms with Crippen molar-refractivity contribution in [3.8, 4) is 22.4 Å². The summed E-state index contributed by atoms with van der Waals surface area (Å²) in [5.74, 6) is -3.67. The molecule has 0 radical (unpaired) electrons. The smallest absolute Gasteiger partial charge is 0.477 e. The fourth-order valence-electron chi connectivity index (χ4n) is 4.69. The Morgan fingerprint density at radius 3 is 2.21 bits per heavy atom. The molecule has 4 aromatic rings. The Balaban J connectivity index is 0.000000517. The van der Waals surface area contributed by atoms with Gasteiger partial charge in [0.2, 0.25) is 0 Å². The van der Waals surface area contributed by atoms with E-state index in [4.69, 9.17) is 21.5 Å². The number of carboxylic acid groups (broad SMARTS) is 2. The molecule has 0 unspecified atom stereocenters. The largest absolute Gasteiger partial charge is 0.490 e. The van der Waals surface area contributed by atoms with Gasteiger partial charge in [0.15, 0.2) is 0 Å². The summed E-state index contributed by atoms with van der Waals surface area (Å²) in [5.41, 5.74) is 7.69. The summed E-state index contributed by atoms with van der Waals surface area (Å²) in [6.07, 6.45) is 1.73. The number of halogens is 4. The lowest BCUT2D eigenvalue weighted by atomic mass is 9.90. The highest BCUT2D eigenvalue weighted by molar-refractivity contribution is 6.30. The van der Waals surface area contributed by atoms with Crippen molar-refractivity contribution in [2.24, 2.45) is 0 Å². The summed E-state index contributed by atoms with van der Waals surface area (Å²) < 4.78 is 33.4. The minimum atomic E-state index is -5.08. The number of aromatic carboxylic acids is 1. The van der Waals surface area contributed by atoms with Crippen molar-refractivity contribution in [3.05, 3.63) is 94.4 Å². The van der Waals surface area contributed by atoms with Crippen LogP contribution in [0.25, 0.3) is 22.4 Å². The molecule has 2 heterocycles. The maximum Gasteiger partial charge on any atom is 0.490 e. The van der Waals surface area contributed by atoms with Crippen molar-refractivity contribution >= 4 is 23.5 Å². The number of nitrogens with zero attached hydrogens (tertiary/aromatic N) is 3. The molecule has 1 aliphatic rings. The fraction of sp³-hybridized carbons (Fsp3) is 0.267. The average Bonchev–Trinajstić information content (AvgIpc) is 3.35. The molecule has 0 fully saturated rings. The van der Waals surface area contributed by atoms with Crippen LogP contribution in [0.15, 0.2) is 67.0 Å². The minimum absolute atomic E-state index is 0.322. The van der Waals surface area contributed by atoms with Crippen LogP contribution >= 0.6 is 11.6 Å². The first kappa shape index (κ1) is 30.7. The van der Waals surface area contributed by atoms with Gasteiger partial charge in [0.1, 0.15) is 5.69 Å². The van der Waals surface area contributed by atoms with Gasteiger partial charge in [0.05, 0.1) is 5.69 Å². The second-order valence-corrected chi connectivity index (χ2v) is 10.0. The van der Waals surface area contributed by atoms with Gasteiger partial charge in [-0.3, -0.25) is 9.67 Å². The third-order valence-corrected chi connectivity index (χ3v) is 7.00. The number of carbonyl (C=O) groups is 2. The number of rotatable bonds is 9. The zero-order valence-corrected chi connectivity index (χ0v) is 23.1. The van der Waals surface area contributed by atoms with Crippen LogP contribution in [0.5, 0.6) is 0 Å². The molecular formula is C30H28ClF3N4O4. The molecule has 0 aliphatic heterocycles. The Kier molecular flexibility index (Phi) is 9.97. The zero-order valence-electron chi connectivity index (χ0n) is 22.4. The van der Waals surface area contributed by atoms with Gasteiger partial charge in [-0.2, -0.15) is 18.3 Å². The highest BCUT2D eigenvalue weighted by Gasteiger charge is 2.38. The zero-order chi connectivity index (χ0) is 30.3. The Morgan fingerprint density at radius 1 is 0.952 bits per heavy atom. The summed E-state index contributed by atoms with van der Waals surface area (Å²) >= 11 is 5.98. The molecule has 0 saturated heterocycles. The predicted octanol–water partition coefficient (Wildman–Crippen LogP) is 5.92. The van der Waals surface area contributed by atoms with Crippen molar-refractivity contribution in [2.45, 2.75) is 38.4 Å². The van der Waals surface area contributed by atoms with E-state index in [0.717, 1.165) is 65.3 Å². The van der Waals surface area contributed by atoms with Gasteiger partial charge in [-0.05, 0) is 79.2 Å². The highest BCUT2D eigenvalue weighted by Crippen LogP contribution is 2.34. The standard InChI is InChI=1S/C28H27ClN4O2.C2HF3O2/c29-23-9-6-21(7-10-23)20-4-2-19(3-5-20)12-15-30-14-1-17-33-27(28(34)35)25-11-8-22-18-31-16-13-24(22)26(25)32-33;3-2(4,5)1(6)7/h2-7,9-10,13,16,18,30H,1,8,11-12,14-15,17H2,(H,34,35);(H,6,7). The van der Waals surface area contributed by atoms with E-state index >= 15 is 0 Å². The van der Waals surface area contributed by atoms with E-state index in [0.29, 0.717) is 18.7 Å². The number of aliphatic carboxylic acids is 1. The summed E-state index contributed by atoms with van der Waals surface area (Å²) in [6, 6.07) is 18.4. The number of fused-ring (bicyclic) bond motifs is 3. The molecule has 0 bridgehead atoms. The number of carboxylic acids is 2. The van der Waals surface area contributed by atoms with Gasteiger partial charge in [0, 0.05) is 35.1 Å². The van der Waals surface area contributed by atoms with Crippen molar-refractivity contribution in [1.82, 2.24) is 20.1 Å². The van der Waals surface area contributed by atoms with Crippen LogP contribution < -0.4 is 5.32 Å². The van der Waals surface area contributed by atoms with E-state index in [9.17, 15) is 23.1 Å². The normalized spacial score (nSPS) is 12.1. The molecular weight excluding hydrogens is 573 g/mol. The van der Waals surface area contributed by atoms with E-state index in [1.807, 2.05) is 36.5 Å². The SMILES string of the molecule is O=C(O)C(F)(F)F.O=C(O)c1c2c(nn1CCCNCCc1ccc(-c3ccc(Cl)cc3)cc1)-c1ccncc1CC2. The van der Waals surface area contributed by atoms with Gasteiger partial charge in [-0.25, -0.2) is 9.59 Å². The van der Waals surface area contributed by atoms with Gasteiger partial charge in [-0.15, -0.1) is 0 Å². The molecule has 12 heteroatoms. The lowest BCUT2D eigenvalue weighted by Crippen LogP contribution is -2.21. The molecule has 3 N–H and O–H groups in total. The van der Waals surface area contributed by atoms with Crippen LogP contribution in [-0.4, -0.2) is 56.2 Å². The Hall–Kier alpha value is -4.22. The van der Waals surface area contributed by atoms with E-state index in [2.05, 4.69) is 39.7 Å². The number of aromatic nitrogens is 3. The van der Waals surface area contributed by atoms with Crippen LogP contribution in [-0.2, 0) is 30.6 Å². The first-order valence-corrected chi connectivity index (χ1v) is 13.5. The summed E-state index contributed by atoms with van der Waals surface area (Å²) in [4.78, 5) is 25.1. The van der Waals surface area contributed by atoms with E-state index < -0.39 is 18.1 Å². The number of hydrogen-bond acceptors (Lipinski definition) is 5. The molecule has 0 saturated carbocycles. The maximum absolute atomic E-state index is 12.0. The molecule has 0 atom stereocenters. The fourth-order valence-corrected chi connectivity index (χ4v) is 4.81. The molecule has 8 nitrogen and oxygen atoms in total. The Morgan fingerprint density at radius 2 is 1.60 bits per heavy atom. The molecule has 1 aliphatic carbocycles. The predicted molar refractivity (Wildman–Crippen MR) is 152 cm³/mol. The summed E-state index contributed by atoms with van der Waals surface area (Å²) in [7, 11) is 0. The molecule has 5 rings (SSSR count). The van der Waals surface area contributed by atoms with Crippen LogP contribution in [0.4, 0.5) is 13.2 Å². The quantitative estimate of drug-likeness (QED) is 0.204. The third kappa shape index (κ3) is 7.74. The van der Waals surface area contributed by atoms with Gasteiger partial charge in [0.25, 0.3) is 0 Å². The van der Waals surface area contributed by atoms with Crippen molar-refractivity contribution in [2.75, 3.05) is 13.1 Å². The third-order valence-electron chi connectivity index (χ3n) is 6.74. The van der Waals surface area contributed by atoms with Gasteiger partial charge < -0.3 is 15.5 Å². The molecule has 0 spiro atoms. The number of nitrogens with one attached hydrogen (secondary N) is 1. The Labute approximate surface area is 244 Å². The second kappa shape index (κ2) is 13.6. The lowest BCUT2D eigenvalue weighted by molar-refractivity contribution is -0.192. The van der Waals surface area contributed by atoms with E-state index in [1.54, 1.807) is 10.9 Å². The minimum Gasteiger partial charge on any atom is -0.477 e. The van der Waals surface area contributed by atoms with Crippen LogP contribution in [0.3, 0.4) is 0 Å². The molecule has 2 aromatic carbocycles. The van der Waals surface area contributed by atoms with Crippen LogP contribution in [0.2, 0.25) is 5.02 Å². The number of hydrogen-bond donors (Lipinski definition) is 3. The highest BCUT2D eigenvalue weighted by atomic mass is 35.5. The van der Waals surface area contributed by atoms with Gasteiger partial charge >= 0.3 is 18.1 Å². The molecule has 0 amide bonds. The van der Waals surface area contributed by atoms with Crippen molar-refractivity contribution < 1.29 is 33.0 Å². The first-order chi connectivity index (χ1) is 20.0. The van der Waals surface area contributed by atoms with Crippen molar-refractivity contribution in [1.29, 1.82) is 0 Å². The topological polar surface area (TPSA) is 117 Å². The van der Waals surface area contributed by atoms with Crippen LogP contribution in [0, 0.1) is 0 Å². The van der Waals surface area contributed by atoms with E-state index in [-0.39, 0.29) is 0 Å². The molecule has 220 valence electrons.